The minimum absolute atomic E-state index is 0.0897. The summed E-state index contributed by atoms with van der Waals surface area (Å²) >= 11 is 0. The van der Waals surface area contributed by atoms with E-state index in [2.05, 4.69) is 41.6 Å². The topological polar surface area (TPSA) is 54.0 Å². The van der Waals surface area contributed by atoms with Crippen molar-refractivity contribution in [1.82, 2.24) is 10.3 Å². The van der Waals surface area contributed by atoms with Crippen molar-refractivity contribution < 1.29 is 4.79 Å². The number of aromatic nitrogens is 1. The summed E-state index contributed by atoms with van der Waals surface area (Å²) in [7, 11) is 0. The van der Waals surface area contributed by atoms with Crippen LogP contribution in [0, 0.1) is 13.8 Å². The molecule has 0 atom stereocenters. The first-order chi connectivity index (χ1) is 10.1. The SMILES string of the molecule is CCCNC(=O)c1cncc(Nc2ccc(C)c(C)c2)c1. The lowest BCUT2D eigenvalue weighted by Gasteiger charge is -2.10. The van der Waals surface area contributed by atoms with Gasteiger partial charge in [-0.15, -0.1) is 0 Å². The van der Waals surface area contributed by atoms with E-state index in [4.69, 9.17) is 0 Å². The zero-order valence-electron chi connectivity index (χ0n) is 12.7. The average Bonchev–Trinajstić information content (AvgIpc) is 2.49. The van der Waals surface area contributed by atoms with E-state index in [9.17, 15) is 4.79 Å². The van der Waals surface area contributed by atoms with Gasteiger partial charge in [-0.05, 0) is 49.6 Å². The lowest BCUT2D eigenvalue weighted by molar-refractivity contribution is 0.0953. The molecule has 1 amide bonds. The quantitative estimate of drug-likeness (QED) is 0.881. The van der Waals surface area contributed by atoms with Crippen LogP contribution in [0.3, 0.4) is 0 Å². The summed E-state index contributed by atoms with van der Waals surface area (Å²) in [5.74, 6) is -0.0897. The van der Waals surface area contributed by atoms with Crippen molar-refractivity contribution >= 4 is 17.3 Å². The zero-order valence-corrected chi connectivity index (χ0v) is 12.7. The van der Waals surface area contributed by atoms with Gasteiger partial charge in [-0.3, -0.25) is 9.78 Å². The minimum Gasteiger partial charge on any atom is -0.354 e. The highest BCUT2D eigenvalue weighted by molar-refractivity contribution is 5.94. The van der Waals surface area contributed by atoms with E-state index in [1.54, 1.807) is 12.4 Å². The molecule has 0 aliphatic carbocycles. The van der Waals surface area contributed by atoms with Crippen LogP contribution >= 0.6 is 0 Å². The minimum atomic E-state index is -0.0897. The van der Waals surface area contributed by atoms with Gasteiger partial charge in [0.25, 0.3) is 5.91 Å². The predicted octanol–water partition coefficient (Wildman–Crippen LogP) is 3.58. The molecule has 0 fully saturated rings. The van der Waals surface area contributed by atoms with Crippen LogP contribution in [-0.4, -0.2) is 17.4 Å². The number of aryl methyl sites for hydroxylation is 2. The van der Waals surface area contributed by atoms with Gasteiger partial charge in [0.1, 0.15) is 0 Å². The number of hydrogen-bond acceptors (Lipinski definition) is 3. The van der Waals surface area contributed by atoms with Crippen LogP contribution in [0.1, 0.15) is 34.8 Å². The van der Waals surface area contributed by atoms with Gasteiger partial charge in [0, 0.05) is 18.4 Å². The largest absolute Gasteiger partial charge is 0.354 e. The summed E-state index contributed by atoms with van der Waals surface area (Å²) in [5, 5.41) is 6.13. The fraction of sp³-hybridized carbons (Fsp3) is 0.294. The van der Waals surface area contributed by atoms with Crippen molar-refractivity contribution in [2.24, 2.45) is 0 Å². The Kier molecular flexibility index (Phi) is 4.93. The van der Waals surface area contributed by atoms with Crippen molar-refractivity contribution in [2.45, 2.75) is 27.2 Å². The molecule has 2 N–H and O–H groups in total. The molecule has 0 radical (unpaired) electrons. The van der Waals surface area contributed by atoms with Gasteiger partial charge in [-0.2, -0.15) is 0 Å². The lowest BCUT2D eigenvalue weighted by Crippen LogP contribution is -2.24. The highest BCUT2D eigenvalue weighted by Gasteiger charge is 2.06. The molecule has 0 aliphatic heterocycles. The fourth-order valence-electron chi connectivity index (χ4n) is 1.96. The van der Waals surface area contributed by atoms with Crippen LogP contribution < -0.4 is 10.6 Å². The van der Waals surface area contributed by atoms with Crippen LogP contribution in [0.25, 0.3) is 0 Å². The molecule has 1 heterocycles. The maximum absolute atomic E-state index is 11.9. The first-order valence-corrected chi connectivity index (χ1v) is 7.17. The lowest BCUT2D eigenvalue weighted by atomic mass is 10.1. The number of hydrogen-bond donors (Lipinski definition) is 2. The summed E-state index contributed by atoms with van der Waals surface area (Å²) in [6, 6.07) is 7.99. The number of benzene rings is 1. The molecule has 0 spiro atoms. The van der Waals surface area contributed by atoms with Gasteiger partial charge in [0.05, 0.1) is 17.4 Å². The van der Waals surface area contributed by atoms with Crippen LogP contribution in [0.2, 0.25) is 0 Å². The summed E-state index contributed by atoms with van der Waals surface area (Å²) in [6.45, 7) is 6.86. The van der Waals surface area contributed by atoms with E-state index in [1.165, 1.54) is 11.1 Å². The maximum Gasteiger partial charge on any atom is 0.252 e. The molecule has 1 aromatic heterocycles. The predicted molar refractivity (Wildman–Crippen MR) is 86.1 cm³/mol. The Bertz CT molecular complexity index is 638. The van der Waals surface area contributed by atoms with Gasteiger partial charge in [-0.25, -0.2) is 0 Å². The molecule has 0 bridgehead atoms. The van der Waals surface area contributed by atoms with Crippen LogP contribution in [0.5, 0.6) is 0 Å². The summed E-state index contributed by atoms with van der Waals surface area (Å²) in [5.41, 5.74) is 4.85. The second kappa shape index (κ2) is 6.88. The normalized spacial score (nSPS) is 10.2. The fourth-order valence-corrected chi connectivity index (χ4v) is 1.96. The van der Waals surface area contributed by atoms with E-state index in [1.807, 2.05) is 19.1 Å². The highest BCUT2D eigenvalue weighted by atomic mass is 16.1. The number of carbonyl (C=O) groups is 1. The number of anilines is 2. The molecule has 4 heteroatoms. The number of nitrogens with one attached hydrogen (secondary N) is 2. The number of carbonyl (C=O) groups excluding carboxylic acids is 1. The molecule has 2 aromatic rings. The van der Waals surface area contributed by atoms with Crippen molar-refractivity contribution in [2.75, 3.05) is 11.9 Å². The van der Waals surface area contributed by atoms with Crippen molar-refractivity contribution in [3.05, 3.63) is 53.3 Å². The second-order valence-electron chi connectivity index (χ2n) is 5.14. The third-order valence-electron chi connectivity index (χ3n) is 3.33. The van der Waals surface area contributed by atoms with Crippen molar-refractivity contribution in [1.29, 1.82) is 0 Å². The van der Waals surface area contributed by atoms with E-state index < -0.39 is 0 Å². The Balaban J connectivity index is 2.13. The van der Waals surface area contributed by atoms with Gasteiger partial charge in [0.2, 0.25) is 0 Å². The molecular weight excluding hydrogens is 262 g/mol. The highest BCUT2D eigenvalue weighted by Crippen LogP contribution is 2.19. The third kappa shape index (κ3) is 4.05. The Morgan fingerprint density at radius 3 is 2.62 bits per heavy atom. The molecular formula is C17H21N3O. The number of amides is 1. The summed E-state index contributed by atoms with van der Waals surface area (Å²) in [6.07, 6.45) is 4.21. The molecule has 2 rings (SSSR count). The smallest absolute Gasteiger partial charge is 0.252 e. The first-order valence-electron chi connectivity index (χ1n) is 7.17. The Morgan fingerprint density at radius 1 is 1.10 bits per heavy atom. The summed E-state index contributed by atoms with van der Waals surface area (Å²) in [4.78, 5) is 16.1. The van der Waals surface area contributed by atoms with Crippen molar-refractivity contribution in [3.63, 3.8) is 0 Å². The molecule has 21 heavy (non-hydrogen) atoms. The molecule has 0 unspecified atom stereocenters. The summed E-state index contributed by atoms with van der Waals surface area (Å²) < 4.78 is 0. The molecule has 4 nitrogen and oxygen atoms in total. The number of pyridine rings is 1. The van der Waals surface area contributed by atoms with Gasteiger partial charge in [0.15, 0.2) is 0 Å². The van der Waals surface area contributed by atoms with Crippen LogP contribution in [0.4, 0.5) is 11.4 Å². The number of rotatable bonds is 5. The van der Waals surface area contributed by atoms with E-state index in [0.29, 0.717) is 12.1 Å². The molecule has 110 valence electrons. The molecule has 0 aliphatic rings. The molecule has 0 saturated heterocycles. The van der Waals surface area contributed by atoms with Gasteiger partial charge in [-0.1, -0.05) is 13.0 Å². The monoisotopic (exact) mass is 283 g/mol. The van der Waals surface area contributed by atoms with E-state index in [0.717, 1.165) is 17.8 Å². The van der Waals surface area contributed by atoms with Gasteiger partial charge >= 0.3 is 0 Å². The third-order valence-corrected chi connectivity index (χ3v) is 3.33. The Hall–Kier alpha value is -2.36. The maximum atomic E-state index is 11.9. The molecule has 0 saturated carbocycles. The zero-order chi connectivity index (χ0) is 15.2. The standard InChI is InChI=1S/C17H21N3O/c1-4-7-19-17(21)14-9-16(11-18-10-14)20-15-6-5-12(2)13(3)8-15/h5-6,8-11,20H,4,7H2,1-3H3,(H,19,21). The average molecular weight is 283 g/mol. The molecule has 1 aromatic carbocycles. The Labute approximate surface area is 125 Å². The van der Waals surface area contributed by atoms with E-state index in [-0.39, 0.29) is 5.91 Å². The number of nitrogens with zero attached hydrogens (tertiary/aromatic N) is 1. The Morgan fingerprint density at radius 2 is 1.90 bits per heavy atom. The first kappa shape index (κ1) is 15.0. The van der Waals surface area contributed by atoms with Crippen molar-refractivity contribution in [3.8, 4) is 0 Å². The van der Waals surface area contributed by atoms with Crippen LogP contribution in [-0.2, 0) is 0 Å². The van der Waals surface area contributed by atoms with Crippen LogP contribution in [0.15, 0.2) is 36.7 Å². The van der Waals surface area contributed by atoms with E-state index >= 15 is 0 Å². The van der Waals surface area contributed by atoms with Gasteiger partial charge < -0.3 is 10.6 Å². The second-order valence-corrected chi connectivity index (χ2v) is 5.14.